The number of halogens is 2. The van der Waals surface area contributed by atoms with E-state index in [4.69, 9.17) is 15.4 Å². The third-order valence-electron chi connectivity index (χ3n) is 7.76. The van der Waals surface area contributed by atoms with E-state index in [1.54, 1.807) is 18.3 Å². The van der Waals surface area contributed by atoms with Gasteiger partial charge in [-0.15, -0.1) is 0 Å². The van der Waals surface area contributed by atoms with Gasteiger partial charge in [0.05, 0.1) is 33.9 Å². The van der Waals surface area contributed by atoms with E-state index in [-0.39, 0.29) is 6.04 Å². The van der Waals surface area contributed by atoms with Crippen molar-refractivity contribution in [3.63, 3.8) is 0 Å². The Morgan fingerprint density at radius 3 is 2.75 bits per heavy atom. The second-order valence-corrected chi connectivity index (χ2v) is 10.2. The molecule has 204 valence electrons. The Morgan fingerprint density at radius 1 is 1.15 bits per heavy atom. The van der Waals surface area contributed by atoms with Crippen molar-refractivity contribution in [2.75, 3.05) is 44.7 Å². The van der Waals surface area contributed by atoms with Gasteiger partial charge >= 0.3 is 0 Å². The minimum absolute atomic E-state index is 0.312. The number of nitrogens with one attached hydrogen (secondary N) is 3. The summed E-state index contributed by atoms with van der Waals surface area (Å²) in [6, 6.07) is 9.23. The number of likely N-dealkylation sites (tertiary alicyclic amines) is 1. The Kier molecular flexibility index (Phi) is 6.77. The van der Waals surface area contributed by atoms with Crippen molar-refractivity contribution in [3.8, 4) is 6.07 Å². The third-order valence-corrected chi connectivity index (χ3v) is 7.76. The number of hydrogen-bond donors (Lipinski definition) is 3. The molecule has 2 fully saturated rings. The minimum atomic E-state index is -0.474. The molecule has 0 saturated carbocycles. The molecular formula is C29H29F2N9. The molecule has 0 unspecified atom stereocenters. The fraction of sp³-hybridized carbons (Fsp3) is 0.310. The van der Waals surface area contributed by atoms with Gasteiger partial charge in [0.25, 0.3) is 0 Å². The zero-order chi connectivity index (χ0) is 27.8. The standard InChI is InChI=1S/C29H29F2N9/c1-38-9-11-39(12-10-38)26-15-24-23(13-18(26)16-32)35-29(36-24)21(17-33)28-34-7-6-27(37-28)40-8-2-3-25(40)20-14-19(30)4-5-22(20)31/h4-7,13-15,17,25,33-34H,2-3,8-12H2,1H3,(H,35,36)/b28-21-,33-17?/t25-/m1/s1. The number of amidine groups is 1. The van der Waals surface area contributed by atoms with Gasteiger partial charge in [-0.1, -0.05) is 0 Å². The average molecular weight is 542 g/mol. The number of aromatic amines is 1. The van der Waals surface area contributed by atoms with Crippen LogP contribution in [-0.2, 0) is 0 Å². The van der Waals surface area contributed by atoms with E-state index in [0.29, 0.717) is 52.7 Å². The summed E-state index contributed by atoms with van der Waals surface area (Å²) in [7, 11) is 2.09. The SMILES string of the molecule is CN1CCN(c2cc3[nH]c(/C(C=N)=C4\N=C(N5CCC[C@@H]5c5cc(F)ccc5F)C=CN4)nc3cc2C#N)CC1. The number of fused-ring (bicyclic) bond motifs is 1. The molecular weight excluding hydrogens is 512 g/mol. The van der Waals surface area contributed by atoms with E-state index >= 15 is 0 Å². The summed E-state index contributed by atoms with van der Waals surface area (Å²) in [6.45, 7) is 4.15. The predicted octanol–water partition coefficient (Wildman–Crippen LogP) is 4.14. The Morgan fingerprint density at radius 2 is 1.98 bits per heavy atom. The van der Waals surface area contributed by atoms with Crippen LogP contribution >= 0.6 is 0 Å². The second kappa shape index (κ2) is 10.5. The van der Waals surface area contributed by atoms with Gasteiger partial charge in [0.2, 0.25) is 0 Å². The number of rotatable bonds is 4. The number of allylic oxidation sites excluding steroid dienone is 1. The molecule has 3 N–H and O–H groups in total. The summed E-state index contributed by atoms with van der Waals surface area (Å²) in [5.41, 5.74) is 3.56. The van der Waals surface area contributed by atoms with E-state index in [1.165, 1.54) is 12.3 Å². The van der Waals surface area contributed by atoms with Gasteiger partial charge in [-0.05, 0) is 56.3 Å². The van der Waals surface area contributed by atoms with Crippen LogP contribution in [0.1, 0.15) is 35.8 Å². The molecule has 0 radical (unpaired) electrons. The fourth-order valence-electron chi connectivity index (χ4n) is 5.63. The molecule has 4 heterocycles. The maximum absolute atomic E-state index is 14.6. The molecule has 11 heteroatoms. The summed E-state index contributed by atoms with van der Waals surface area (Å²) in [5.74, 6) is 0.538. The highest BCUT2D eigenvalue weighted by molar-refractivity contribution is 6.10. The zero-order valence-corrected chi connectivity index (χ0v) is 22.1. The van der Waals surface area contributed by atoms with Crippen LogP contribution in [0.25, 0.3) is 16.6 Å². The van der Waals surface area contributed by atoms with E-state index in [9.17, 15) is 14.0 Å². The monoisotopic (exact) mass is 541 g/mol. The van der Waals surface area contributed by atoms with Gasteiger partial charge < -0.3 is 30.4 Å². The number of aliphatic imine (C=N–C) groups is 1. The Labute approximate surface area is 230 Å². The lowest BCUT2D eigenvalue weighted by Crippen LogP contribution is -2.44. The number of nitrogens with zero attached hydrogens (tertiary/aromatic N) is 6. The molecule has 2 saturated heterocycles. The van der Waals surface area contributed by atoms with Gasteiger partial charge in [-0.2, -0.15) is 5.26 Å². The Hall–Kier alpha value is -4.56. The van der Waals surface area contributed by atoms with Crippen LogP contribution in [0.15, 0.2) is 53.4 Å². The molecule has 9 nitrogen and oxygen atoms in total. The first-order chi connectivity index (χ1) is 19.4. The minimum Gasteiger partial charge on any atom is -0.368 e. The number of imidazole rings is 1. The lowest BCUT2D eigenvalue weighted by atomic mass is 10.0. The first-order valence-corrected chi connectivity index (χ1v) is 13.3. The lowest BCUT2D eigenvalue weighted by Gasteiger charge is -2.34. The summed E-state index contributed by atoms with van der Waals surface area (Å²) in [6.07, 6.45) is 6.19. The number of H-pyrrole nitrogens is 1. The molecule has 2 aromatic carbocycles. The number of anilines is 1. The molecule has 40 heavy (non-hydrogen) atoms. The van der Waals surface area contributed by atoms with E-state index < -0.39 is 11.6 Å². The molecule has 0 spiro atoms. The zero-order valence-electron chi connectivity index (χ0n) is 22.1. The van der Waals surface area contributed by atoms with Crippen LogP contribution in [-0.4, -0.2) is 71.6 Å². The molecule has 1 aromatic heterocycles. The number of likely N-dealkylation sites (N-methyl/N-ethyl adjacent to an activating group) is 1. The van der Waals surface area contributed by atoms with Crippen molar-refractivity contribution in [1.82, 2.24) is 25.1 Å². The summed E-state index contributed by atoms with van der Waals surface area (Å²) in [5, 5.41) is 21.1. The van der Waals surface area contributed by atoms with Crippen molar-refractivity contribution >= 4 is 34.3 Å². The van der Waals surface area contributed by atoms with Gasteiger partial charge in [0.15, 0.2) is 0 Å². The average Bonchev–Trinajstić information content (AvgIpc) is 3.62. The summed E-state index contributed by atoms with van der Waals surface area (Å²) < 4.78 is 28.6. The molecule has 3 aliphatic heterocycles. The lowest BCUT2D eigenvalue weighted by molar-refractivity contribution is 0.313. The number of nitriles is 1. The van der Waals surface area contributed by atoms with Crippen molar-refractivity contribution in [2.45, 2.75) is 18.9 Å². The third kappa shape index (κ3) is 4.71. The maximum atomic E-state index is 14.6. The largest absolute Gasteiger partial charge is 0.368 e. The molecule has 0 aliphatic carbocycles. The van der Waals surface area contributed by atoms with Crippen LogP contribution in [0.4, 0.5) is 14.5 Å². The van der Waals surface area contributed by atoms with E-state index in [2.05, 4.69) is 33.2 Å². The predicted molar refractivity (Wildman–Crippen MR) is 151 cm³/mol. The van der Waals surface area contributed by atoms with Crippen LogP contribution in [0.5, 0.6) is 0 Å². The van der Waals surface area contributed by atoms with Gasteiger partial charge in [-0.3, -0.25) is 0 Å². The highest BCUT2D eigenvalue weighted by Gasteiger charge is 2.31. The van der Waals surface area contributed by atoms with Gasteiger partial charge in [0.1, 0.15) is 35.2 Å². The van der Waals surface area contributed by atoms with Crippen LogP contribution in [0, 0.1) is 28.4 Å². The van der Waals surface area contributed by atoms with Crippen LogP contribution in [0.3, 0.4) is 0 Å². The molecule has 0 bridgehead atoms. The first kappa shape index (κ1) is 25.7. The highest BCUT2D eigenvalue weighted by atomic mass is 19.1. The number of aromatic nitrogens is 2. The fourth-order valence-corrected chi connectivity index (χ4v) is 5.63. The summed E-state index contributed by atoms with van der Waals surface area (Å²) >= 11 is 0. The Bertz CT molecular complexity index is 1610. The van der Waals surface area contributed by atoms with Crippen molar-refractivity contribution < 1.29 is 8.78 Å². The molecule has 1 atom stereocenters. The second-order valence-electron chi connectivity index (χ2n) is 10.2. The number of hydrogen-bond acceptors (Lipinski definition) is 8. The van der Waals surface area contributed by atoms with Gasteiger partial charge in [-0.25, -0.2) is 18.8 Å². The highest BCUT2D eigenvalue weighted by Crippen LogP contribution is 2.35. The first-order valence-electron chi connectivity index (χ1n) is 13.3. The number of benzene rings is 2. The summed E-state index contributed by atoms with van der Waals surface area (Å²) in [4.78, 5) is 19.2. The van der Waals surface area contributed by atoms with Crippen molar-refractivity contribution in [2.24, 2.45) is 4.99 Å². The van der Waals surface area contributed by atoms with Crippen LogP contribution in [0.2, 0.25) is 0 Å². The quantitative estimate of drug-likeness (QED) is 0.429. The topological polar surface area (TPSA) is 110 Å². The number of piperazine rings is 1. The molecule has 3 aromatic rings. The smallest absolute Gasteiger partial charge is 0.144 e. The van der Waals surface area contributed by atoms with Gasteiger partial charge in [0, 0.05) is 50.7 Å². The van der Waals surface area contributed by atoms with E-state index in [0.717, 1.165) is 55.9 Å². The maximum Gasteiger partial charge on any atom is 0.144 e. The van der Waals surface area contributed by atoms with Crippen LogP contribution < -0.4 is 10.2 Å². The molecule has 0 amide bonds. The molecule has 3 aliphatic rings. The van der Waals surface area contributed by atoms with Crippen molar-refractivity contribution in [3.05, 3.63) is 77.0 Å². The van der Waals surface area contributed by atoms with Crippen molar-refractivity contribution in [1.29, 1.82) is 10.7 Å². The van der Waals surface area contributed by atoms with E-state index in [1.807, 2.05) is 11.0 Å². The Balaban J connectivity index is 1.35. The normalized spacial score (nSPS) is 20.9. The molecule has 6 rings (SSSR count).